The van der Waals surface area contributed by atoms with Gasteiger partial charge in [0.25, 0.3) is 0 Å². The van der Waals surface area contributed by atoms with Crippen LogP contribution in [-0.4, -0.2) is 12.4 Å². The number of hydrogen-bond acceptors (Lipinski definition) is 1. The topological polar surface area (TPSA) is 9.23 Å². The van der Waals surface area contributed by atoms with Crippen LogP contribution in [-0.2, 0) is 0 Å². The SMILES string of the molecule is FC(F)(F)C=C(Oc1ccccc1)C(F)(F)F. The van der Waals surface area contributed by atoms with Gasteiger partial charge < -0.3 is 4.74 Å². The van der Waals surface area contributed by atoms with Crippen LogP contribution in [0.2, 0.25) is 0 Å². The van der Waals surface area contributed by atoms with Crippen molar-refractivity contribution in [2.24, 2.45) is 0 Å². The van der Waals surface area contributed by atoms with Gasteiger partial charge in [-0.05, 0) is 12.1 Å². The van der Waals surface area contributed by atoms with E-state index in [1.165, 1.54) is 18.2 Å². The zero-order chi connectivity index (χ0) is 13.1. The Morgan fingerprint density at radius 2 is 1.47 bits per heavy atom. The molecule has 0 fully saturated rings. The number of ether oxygens (including phenoxy) is 1. The van der Waals surface area contributed by atoms with Crippen LogP contribution in [0.5, 0.6) is 5.75 Å². The van der Waals surface area contributed by atoms with E-state index in [4.69, 9.17) is 0 Å². The number of hydrogen-bond donors (Lipinski definition) is 0. The Bertz CT molecular complexity index is 389. The average Bonchev–Trinajstić information content (AvgIpc) is 2.15. The lowest BCUT2D eigenvalue weighted by atomic mass is 10.3. The molecule has 1 aromatic carbocycles. The Balaban J connectivity index is 2.99. The molecule has 0 aliphatic carbocycles. The summed E-state index contributed by atoms with van der Waals surface area (Å²) in [6.45, 7) is 0. The largest absolute Gasteiger partial charge is 0.452 e. The Morgan fingerprint density at radius 3 is 1.88 bits per heavy atom. The van der Waals surface area contributed by atoms with E-state index in [1.54, 1.807) is 0 Å². The van der Waals surface area contributed by atoms with Crippen LogP contribution in [0.25, 0.3) is 0 Å². The maximum atomic E-state index is 12.2. The van der Waals surface area contributed by atoms with Crippen LogP contribution in [0, 0.1) is 0 Å². The van der Waals surface area contributed by atoms with Gasteiger partial charge in [-0.15, -0.1) is 0 Å². The van der Waals surface area contributed by atoms with Crippen molar-refractivity contribution in [3.63, 3.8) is 0 Å². The Morgan fingerprint density at radius 1 is 0.941 bits per heavy atom. The molecule has 0 saturated heterocycles. The molecule has 0 aliphatic rings. The number of benzene rings is 1. The lowest BCUT2D eigenvalue weighted by molar-refractivity contribution is -0.128. The first-order chi connectivity index (χ1) is 7.68. The molecular formula is C10H6F6O. The normalized spacial score (nSPS) is 13.6. The lowest BCUT2D eigenvalue weighted by Crippen LogP contribution is -2.20. The zero-order valence-corrected chi connectivity index (χ0v) is 8.14. The minimum Gasteiger partial charge on any atom is -0.452 e. The molecule has 17 heavy (non-hydrogen) atoms. The standard InChI is InChI=1S/C10H6F6O/c11-9(12,13)6-8(10(14,15)16)17-7-4-2-1-3-5-7/h1-6H. The predicted octanol–water partition coefficient (Wildman–Crippen LogP) is 4.07. The summed E-state index contributed by atoms with van der Waals surface area (Å²) in [5.74, 6) is -2.42. The van der Waals surface area contributed by atoms with E-state index >= 15 is 0 Å². The average molecular weight is 256 g/mol. The van der Waals surface area contributed by atoms with Gasteiger partial charge in [0.1, 0.15) is 5.75 Å². The maximum absolute atomic E-state index is 12.2. The second-order valence-electron chi connectivity index (χ2n) is 2.96. The first kappa shape index (κ1) is 13.4. The summed E-state index contributed by atoms with van der Waals surface area (Å²) >= 11 is 0. The van der Waals surface area contributed by atoms with Gasteiger partial charge in [0.2, 0.25) is 5.76 Å². The minimum atomic E-state index is -5.20. The van der Waals surface area contributed by atoms with Gasteiger partial charge in [-0.1, -0.05) is 18.2 Å². The molecule has 1 aromatic rings. The van der Waals surface area contributed by atoms with Gasteiger partial charge in [0, 0.05) is 0 Å². The highest BCUT2D eigenvalue weighted by molar-refractivity contribution is 5.24. The molecule has 0 saturated carbocycles. The molecule has 0 amide bonds. The maximum Gasteiger partial charge on any atom is 0.449 e. The number of rotatable bonds is 2. The number of para-hydroxylation sites is 1. The van der Waals surface area contributed by atoms with Gasteiger partial charge in [-0.25, -0.2) is 0 Å². The quantitative estimate of drug-likeness (QED) is 0.572. The molecule has 0 heterocycles. The van der Waals surface area contributed by atoms with Crippen LogP contribution in [0.4, 0.5) is 26.3 Å². The van der Waals surface area contributed by atoms with E-state index in [1.807, 2.05) is 0 Å². The summed E-state index contributed by atoms with van der Waals surface area (Å²) in [5, 5.41) is 0. The van der Waals surface area contributed by atoms with Crippen LogP contribution in [0.15, 0.2) is 42.2 Å². The summed E-state index contributed by atoms with van der Waals surface area (Å²) in [4.78, 5) is 0. The molecule has 94 valence electrons. The van der Waals surface area contributed by atoms with Crippen molar-refractivity contribution < 1.29 is 31.1 Å². The van der Waals surface area contributed by atoms with E-state index in [2.05, 4.69) is 4.74 Å². The third-order valence-corrected chi connectivity index (χ3v) is 1.55. The molecule has 1 rings (SSSR count). The van der Waals surface area contributed by atoms with E-state index in [-0.39, 0.29) is 5.75 Å². The van der Waals surface area contributed by atoms with Crippen molar-refractivity contribution in [2.45, 2.75) is 12.4 Å². The molecular weight excluding hydrogens is 250 g/mol. The highest BCUT2D eigenvalue weighted by Gasteiger charge is 2.41. The number of allylic oxidation sites excluding steroid dienone is 2. The Labute approximate surface area is 92.3 Å². The van der Waals surface area contributed by atoms with Crippen LogP contribution in [0.1, 0.15) is 0 Å². The van der Waals surface area contributed by atoms with Gasteiger partial charge >= 0.3 is 12.4 Å². The van der Waals surface area contributed by atoms with Gasteiger partial charge in [-0.2, -0.15) is 26.3 Å². The summed E-state index contributed by atoms with van der Waals surface area (Å²) in [6.07, 6.45) is -11.2. The molecule has 0 atom stereocenters. The van der Waals surface area contributed by atoms with E-state index in [0.29, 0.717) is 0 Å². The summed E-state index contributed by atoms with van der Waals surface area (Å²) < 4.78 is 76.5. The molecule has 1 nitrogen and oxygen atoms in total. The number of alkyl halides is 6. The second-order valence-corrected chi connectivity index (χ2v) is 2.96. The minimum absolute atomic E-state index is 0.319. The van der Waals surface area contributed by atoms with Gasteiger partial charge in [-0.3, -0.25) is 0 Å². The first-order valence-corrected chi connectivity index (χ1v) is 4.28. The molecule has 0 aliphatic heterocycles. The molecule has 7 heteroatoms. The summed E-state index contributed by atoms with van der Waals surface area (Å²) in [7, 11) is 0. The van der Waals surface area contributed by atoms with Crippen molar-refractivity contribution in [3.8, 4) is 5.75 Å². The molecule has 0 radical (unpaired) electrons. The molecule has 0 unspecified atom stereocenters. The first-order valence-electron chi connectivity index (χ1n) is 4.28. The van der Waals surface area contributed by atoms with Crippen molar-refractivity contribution in [2.75, 3.05) is 0 Å². The smallest absolute Gasteiger partial charge is 0.449 e. The number of halogens is 6. The summed E-state index contributed by atoms with van der Waals surface area (Å²) in [6, 6.07) is 6.42. The van der Waals surface area contributed by atoms with Gasteiger partial charge in [0.05, 0.1) is 6.08 Å². The lowest BCUT2D eigenvalue weighted by Gasteiger charge is -2.13. The van der Waals surface area contributed by atoms with Crippen LogP contribution >= 0.6 is 0 Å². The monoisotopic (exact) mass is 256 g/mol. The van der Waals surface area contributed by atoms with Crippen molar-refractivity contribution in [3.05, 3.63) is 42.2 Å². The van der Waals surface area contributed by atoms with Crippen LogP contribution in [0.3, 0.4) is 0 Å². The van der Waals surface area contributed by atoms with Crippen molar-refractivity contribution in [1.29, 1.82) is 0 Å². The third-order valence-electron chi connectivity index (χ3n) is 1.55. The Kier molecular flexibility index (Phi) is 3.69. The molecule has 0 bridgehead atoms. The molecule has 0 aromatic heterocycles. The van der Waals surface area contributed by atoms with E-state index < -0.39 is 24.2 Å². The van der Waals surface area contributed by atoms with E-state index in [0.717, 1.165) is 12.1 Å². The fourth-order valence-electron chi connectivity index (χ4n) is 0.933. The molecule has 0 N–H and O–H groups in total. The fourth-order valence-corrected chi connectivity index (χ4v) is 0.933. The second kappa shape index (κ2) is 4.68. The van der Waals surface area contributed by atoms with E-state index in [9.17, 15) is 26.3 Å². The van der Waals surface area contributed by atoms with Crippen molar-refractivity contribution in [1.82, 2.24) is 0 Å². The molecule has 0 spiro atoms. The van der Waals surface area contributed by atoms with Gasteiger partial charge in [0.15, 0.2) is 0 Å². The fraction of sp³-hybridized carbons (Fsp3) is 0.200. The predicted molar refractivity (Wildman–Crippen MR) is 47.3 cm³/mol. The van der Waals surface area contributed by atoms with Crippen LogP contribution < -0.4 is 4.74 Å². The third kappa shape index (κ3) is 4.80. The Hall–Kier alpha value is -1.66. The van der Waals surface area contributed by atoms with Crippen molar-refractivity contribution >= 4 is 0 Å². The zero-order valence-electron chi connectivity index (χ0n) is 8.14. The highest BCUT2D eigenvalue weighted by Crippen LogP contribution is 2.31. The highest BCUT2D eigenvalue weighted by atomic mass is 19.4. The summed E-state index contributed by atoms with van der Waals surface area (Å²) in [5.41, 5.74) is 0.